The molecule has 3 aromatic rings. The largest absolute Gasteiger partial charge is 0.453 e. The van der Waals surface area contributed by atoms with Crippen molar-refractivity contribution in [2.24, 2.45) is 5.92 Å². The Kier molecular flexibility index (Phi) is 9.46. The monoisotopic (exact) mass is 668 g/mol. The smallest absolute Gasteiger partial charge is 0.411 e. The number of carbonyl (C=O) groups excluding carboxylic acids is 3. The summed E-state index contributed by atoms with van der Waals surface area (Å²) < 4.78 is 20.2. The van der Waals surface area contributed by atoms with Crippen molar-refractivity contribution in [1.82, 2.24) is 9.88 Å². The van der Waals surface area contributed by atoms with Crippen LogP contribution in [0.2, 0.25) is 5.02 Å². The van der Waals surface area contributed by atoms with E-state index in [-0.39, 0.29) is 28.8 Å². The summed E-state index contributed by atoms with van der Waals surface area (Å²) in [6.45, 7) is 2.27. The molecule has 0 fully saturated rings. The van der Waals surface area contributed by atoms with Crippen molar-refractivity contribution >= 4 is 62.4 Å². The number of ether oxygens (including phenoxy) is 1. The van der Waals surface area contributed by atoms with Crippen molar-refractivity contribution < 1.29 is 23.5 Å². The molecule has 2 aliphatic rings. The lowest BCUT2D eigenvalue weighted by atomic mass is 9.94. The SMILES string of the molecule is COC(=O)Nc1ccc2c(c1)NC(=O)C(C)CCCCC(N1CCC(c3c(Br)ccc(Cl)c3F)=CC1=O)c1cc-2ccn1. The maximum Gasteiger partial charge on any atom is 0.411 e. The molecule has 3 heterocycles. The van der Waals surface area contributed by atoms with E-state index >= 15 is 0 Å². The minimum Gasteiger partial charge on any atom is -0.453 e. The Balaban J connectivity index is 1.52. The zero-order chi connectivity index (χ0) is 30.7. The Bertz CT molecular complexity index is 1610. The Morgan fingerprint density at radius 2 is 1.95 bits per heavy atom. The number of nitrogens with zero attached hydrogens (tertiary/aromatic N) is 2. The second-order valence-corrected chi connectivity index (χ2v) is 12.0. The van der Waals surface area contributed by atoms with Crippen LogP contribution in [-0.4, -0.2) is 41.4 Å². The van der Waals surface area contributed by atoms with Crippen molar-refractivity contribution in [3.8, 4) is 11.1 Å². The summed E-state index contributed by atoms with van der Waals surface area (Å²) in [5, 5.41) is 5.68. The Hall–Kier alpha value is -3.76. The van der Waals surface area contributed by atoms with Crippen molar-refractivity contribution in [3.63, 3.8) is 0 Å². The Labute approximate surface area is 262 Å². The first kappa shape index (κ1) is 30.7. The molecule has 2 N–H and O–H groups in total. The molecule has 224 valence electrons. The van der Waals surface area contributed by atoms with E-state index in [0.29, 0.717) is 52.8 Å². The van der Waals surface area contributed by atoms with Crippen molar-refractivity contribution in [2.75, 3.05) is 24.3 Å². The number of hydrogen-bond acceptors (Lipinski definition) is 5. The maximum atomic E-state index is 14.9. The number of hydrogen-bond donors (Lipinski definition) is 2. The van der Waals surface area contributed by atoms with Gasteiger partial charge in [0.25, 0.3) is 0 Å². The van der Waals surface area contributed by atoms with Crippen molar-refractivity contribution in [1.29, 1.82) is 0 Å². The van der Waals surface area contributed by atoms with Crippen LogP contribution in [0.4, 0.5) is 20.6 Å². The third-order valence-electron chi connectivity index (χ3n) is 7.90. The Morgan fingerprint density at radius 3 is 2.72 bits per heavy atom. The fourth-order valence-electron chi connectivity index (χ4n) is 5.57. The molecular formula is C32H31BrClFN4O4. The number of pyridine rings is 1. The van der Waals surface area contributed by atoms with Crippen LogP contribution in [0.15, 0.2) is 59.2 Å². The summed E-state index contributed by atoms with van der Waals surface area (Å²) in [6.07, 6.45) is 5.90. The number of methoxy groups -OCH3 is 1. The lowest BCUT2D eigenvalue weighted by Gasteiger charge is -2.34. The van der Waals surface area contributed by atoms with Gasteiger partial charge >= 0.3 is 6.09 Å². The lowest BCUT2D eigenvalue weighted by molar-refractivity contribution is -0.129. The highest BCUT2D eigenvalue weighted by molar-refractivity contribution is 9.10. The molecule has 2 aliphatic heterocycles. The summed E-state index contributed by atoms with van der Waals surface area (Å²) in [5.74, 6) is -1.15. The number of aromatic nitrogens is 1. The van der Waals surface area contributed by atoms with Gasteiger partial charge in [-0.3, -0.25) is 19.9 Å². The van der Waals surface area contributed by atoms with Crippen LogP contribution in [0.25, 0.3) is 16.7 Å². The predicted molar refractivity (Wildman–Crippen MR) is 168 cm³/mol. The molecule has 0 aliphatic carbocycles. The van der Waals surface area contributed by atoms with Crippen LogP contribution in [-0.2, 0) is 14.3 Å². The van der Waals surface area contributed by atoms with Crippen molar-refractivity contribution in [3.05, 3.63) is 81.3 Å². The average Bonchev–Trinajstić information content (AvgIpc) is 3.00. The molecule has 5 rings (SSSR count). The topological polar surface area (TPSA) is 101 Å². The molecule has 0 radical (unpaired) electrons. The molecule has 3 amide bonds. The third kappa shape index (κ3) is 6.75. The van der Waals surface area contributed by atoms with Gasteiger partial charge in [-0.2, -0.15) is 0 Å². The highest BCUT2D eigenvalue weighted by Crippen LogP contribution is 2.39. The van der Waals surface area contributed by atoms with E-state index in [2.05, 4.69) is 31.5 Å². The van der Waals surface area contributed by atoms with E-state index in [1.165, 1.54) is 19.3 Å². The van der Waals surface area contributed by atoms with Crippen molar-refractivity contribution in [2.45, 2.75) is 45.1 Å². The second kappa shape index (κ2) is 13.3. The van der Waals surface area contributed by atoms with E-state index < -0.39 is 11.9 Å². The number of halogens is 3. The zero-order valence-electron chi connectivity index (χ0n) is 23.8. The summed E-state index contributed by atoms with van der Waals surface area (Å²) in [7, 11) is 1.28. The summed E-state index contributed by atoms with van der Waals surface area (Å²) in [4.78, 5) is 45.0. The van der Waals surface area contributed by atoms with Crippen LogP contribution >= 0.6 is 27.5 Å². The molecular weight excluding hydrogens is 639 g/mol. The third-order valence-corrected chi connectivity index (χ3v) is 8.85. The van der Waals surface area contributed by atoms with E-state index in [1.807, 2.05) is 25.1 Å². The van der Waals surface area contributed by atoms with Gasteiger partial charge < -0.3 is 15.0 Å². The second-order valence-electron chi connectivity index (χ2n) is 10.7. The van der Waals surface area contributed by atoms with E-state index in [4.69, 9.17) is 16.3 Å². The number of rotatable bonds is 3. The van der Waals surface area contributed by atoms with Gasteiger partial charge in [-0.05, 0) is 66.8 Å². The fraction of sp³-hybridized carbons (Fsp3) is 0.312. The average molecular weight is 670 g/mol. The van der Waals surface area contributed by atoms with Gasteiger partial charge in [-0.25, -0.2) is 9.18 Å². The van der Waals surface area contributed by atoms with Gasteiger partial charge in [-0.1, -0.05) is 53.4 Å². The highest BCUT2D eigenvalue weighted by atomic mass is 79.9. The first-order chi connectivity index (χ1) is 20.7. The first-order valence-electron chi connectivity index (χ1n) is 14.1. The molecule has 0 spiro atoms. The van der Waals surface area contributed by atoms with E-state index in [9.17, 15) is 18.8 Å². The van der Waals surface area contributed by atoms with Gasteiger partial charge in [0.05, 0.1) is 29.6 Å². The Morgan fingerprint density at radius 1 is 1.16 bits per heavy atom. The standard InChI is InChI=1S/C32H31BrClFN4O4/c1-18-5-3-4-6-27(39-14-12-20(16-28(39)40)29-23(33)9-10-24(34)30(29)35)26-15-19(11-13-36-26)22-8-7-21(37-32(42)43-2)17-25(22)38-31(18)41/h7-11,13,15-18,27H,3-6,12,14H2,1-2H3,(H,37,42)(H,38,41). The predicted octanol–water partition coefficient (Wildman–Crippen LogP) is 7.99. The van der Waals surface area contributed by atoms with Gasteiger partial charge in [-0.15, -0.1) is 0 Å². The summed E-state index contributed by atoms with van der Waals surface area (Å²) >= 11 is 9.45. The van der Waals surface area contributed by atoms with E-state index in [0.717, 1.165) is 29.7 Å². The van der Waals surface area contributed by atoms with Crippen LogP contribution in [0.1, 0.15) is 56.3 Å². The number of amides is 3. The molecule has 2 bridgehead atoms. The maximum absolute atomic E-state index is 14.9. The zero-order valence-corrected chi connectivity index (χ0v) is 26.1. The van der Waals surface area contributed by atoms with Gasteiger partial charge in [0.1, 0.15) is 5.82 Å². The minimum absolute atomic E-state index is 0.000841. The number of benzene rings is 2. The molecule has 1 aromatic heterocycles. The first-order valence-corrected chi connectivity index (χ1v) is 15.2. The van der Waals surface area contributed by atoms with Crippen LogP contribution in [0.3, 0.4) is 0 Å². The molecule has 8 nitrogen and oxygen atoms in total. The summed E-state index contributed by atoms with van der Waals surface area (Å²) in [6, 6.07) is 11.9. The number of fused-ring (bicyclic) bond motifs is 4. The van der Waals surface area contributed by atoms with E-state index in [1.54, 1.807) is 29.3 Å². The molecule has 43 heavy (non-hydrogen) atoms. The lowest BCUT2D eigenvalue weighted by Crippen LogP contribution is -2.37. The van der Waals surface area contributed by atoms with Crippen LogP contribution < -0.4 is 10.6 Å². The van der Waals surface area contributed by atoms with Crippen LogP contribution in [0.5, 0.6) is 0 Å². The van der Waals surface area contributed by atoms with Gasteiger partial charge in [0.2, 0.25) is 11.8 Å². The molecule has 0 saturated heterocycles. The molecule has 11 heteroatoms. The number of anilines is 2. The molecule has 0 saturated carbocycles. The number of carbonyl (C=O) groups is 3. The molecule has 2 atom stereocenters. The summed E-state index contributed by atoms with van der Waals surface area (Å²) in [5.41, 5.74) is 4.16. The minimum atomic E-state index is -0.618. The molecule has 2 unspecified atom stereocenters. The quantitative estimate of drug-likeness (QED) is 0.276. The van der Waals surface area contributed by atoms with Gasteiger partial charge in [0.15, 0.2) is 0 Å². The van der Waals surface area contributed by atoms with Gasteiger partial charge in [0, 0.05) is 46.0 Å². The normalized spacial score (nSPS) is 19.2. The fourth-order valence-corrected chi connectivity index (χ4v) is 6.28. The number of nitrogens with one attached hydrogen (secondary N) is 2. The van der Waals surface area contributed by atoms with Crippen LogP contribution in [0, 0.1) is 11.7 Å². The highest BCUT2D eigenvalue weighted by Gasteiger charge is 2.31. The molecule has 2 aromatic carbocycles.